The summed E-state index contributed by atoms with van der Waals surface area (Å²) in [6.45, 7) is 3.77. The van der Waals surface area contributed by atoms with Gasteiger partial charge in [0.25, 0.3) is 5.91 Å². The van der Waals surface area contributed by atoms with E-state index in [9.17, 15) is 33.0 Å². The lowest BCUT2D eigenvalue weighted by molar-refractivity contribution is -0.137. The van der Waals surface area contributed by atoms with Gasteiger partial charge < -0.3 is 10.2 Å². The summed E-state index contributed by atoms with van der Waals surface area (Å²) < 4.78 is 40.7. The van der Waals surface area contributed by atoms with Crippen LogP contribution in [0.15, 0.2) is 84.0 Å². The molecule has 0 fully saturated rings. The third-order valence-corrected chi connectivity index (χ3v) is 6.72. The van der Waals surface area contributed by atoms with Gasteiger partial charge in [-0.05, 0) is 79.1 Å². The van der Waals surface area contributed by atoms with Gasteiger partial charge in [0.1, 0.15) is 5.75 Å². The van der Waals surface area contributed by atoms with Crippen LogP contribution in [-0.4, -0.2) is 27.8 Å². The fourth-order valence-electron chi connectivity index (χ4n) is 4.46. The Kier molecular flexibility index (Phi) is 6.54. The second-order valence-corrected chi connectivity index (χ2v) is 9.30. The lowest BCUT2D eigenvalue weighted by Gasteiger charge is -2.18. The number of halogens is 3. The molecule has 4 aromatic carbocycles. The van der Waals surface area contributed by atoms with E-state index in [0.717, 1.165) is 23.3 Å². The molecular weight excluding hydrogens is 523 g/mol. The Morgan fingerprint density at radius 1 is 0.900 bits per heavy atom. The highest BCUT2D eigenvalue weighted by atomic mass is 19.4. The fraction of sp³-hybridized carbons (Fsp3) is 0.100. The van der Waals surface area contributed by atoms with Crippen LogP contribution < -0.4 is 10.3 Å². The molecule has 5 rings (SSSR count). The smallest absolute Gasteiger partial charge is 0.416 e. The lowest BCUT2D eigenvalue weighted by Crippen LogP contribution is -2.26. The number of phenolic OH excluding ortho intramolecular Hbond substituents is 1. The molecule has 1 amide bonds. The van der Waals surface area contributed by atoms with Crippen molar-refractivity contribution in [2.24, 2.45) is 5.10 Å². The molecule has 0 aliphatic carbocycles. The summed E-state index contributed by atoms with van der Waals surface area (Å²) in [5.41, 5.74) is 4.81. The van der Waals surface area contributed by atoms with E-state index in [1.807, 2.05) is 19.9 Å². The van der Waals surface area contributed by atoms with Gasteiger partial charge in [-0.15, -0.1) is 0 Å². The maximum absolute atomic E-state index is 13.6. The number of amides is 1. The minimum Gasteiger partial charge on any atom is -0.505 e. The predicted molar refractivity (Wildman–Crippen MR) is 145 cm³/mol. The van der Waals surface area contributed by atoms with Crippen LogP contribution in [0, 0.1) is 13.8 Å². The van der Waals surface area contributed by atoms with E-state index in [-0.39, 0.29) is 34.0 Å². The first-order chi connectivity index (χ1) is 19.0. The number of alkyl halides is 3. The van der Waals surface area contributed by atoms with Crippen LogP contribution in [0.1, 0.15) is 32.6 Å². The molecule has 0 radical (unpaired) electrons. The zero-order valence-electron chi connectivity index (χ0n) is 21.2. The second kappa shape index (κ2) is 9.88. The Morgan fingerprint density at radius 3 is 2.35 bits per heavy atom. The van der Waals surface area contributed by atoms with Crippen LogP contribution in [-0.2, 0) is 11.0 Å². The number of carbonyl (C=O) groups is 2. The van der Waals surface area contributed by atoms with Crippen LogP contribution >= 0.6 is 0 Å². The maximum Gasteiger partial charge on any atom is 0.416 e. The van der Waals surface area contributed by atoms with E-state index < -0.39 is 23.6 Å². The number of para-hydroxylation sites is 1. The van der Waals surface area contributed by atoms with Crippen molar-refractivity contribution in [3.8, 4) is 16.9 Å². The molecule has 4 aromatic rings. The number of carbonyl (C=O) groups excluding carboxylic acids is 1. The summed E-state index contributed by atoms with van der Waals surface area (Å²) in [4.78, 5) is 26.2. The van der Waals surface area contributed by atoms with Crippen LogP contribution in [0.3, 0.4) is 0 Å². The fourth-order valence-corrected chi connectivity index (χ4v) is 4.46. The van der Waals surface area contributed by atoms with Crippen molar-refractivity contribution in [1.29, 1.82) is 0 Å². The third-order valence-electron chi connectivity index (χ3n) is 6.72. The summed E-state index contributed by atoms with van der Waals surface area (Å²) in [5, 5.41) is 24.4. The van der Waals surface area contributed by atoms with Crippen molar-refractivity contribution in [2.75, 3.05) is 10.3 Å². The van der Waals surface area contributed by atoms with Gasteiger partial charge >= 0.3 is 12.1 Å². The Bertz CT molecular complexity index is 1710. The van der Waals surface area contributed by atoms with Gasteiger partial charge in [-0.2, -0.15) is 18.3 Å². The highest BCUT2D eigenvalue weighted by Crippen LogP contribution is 2.41. The number of hydrogen-bond acceptors (Lipinski definition) is 5. The van der Waals surface area contributed by atoms with Crippen molar-refractivity contribution in [3.05, 3.63) is 107 Å². The standard InChI is InChI=1S/C30H22F3N3O4/c1-16-9-11-21(13-17(16)2)36-25-12-10-20(30(31,32)33)15-23(25)26(28(36)38)35-34-24-8-4-7-22(27(24)37)18-5-3-6-19(14-18)29(39)40/h3-15,34,37H,1-2H3,(H,39,40)/b35-26-. The van der Waals surface area contributed by atoms with Gasteiger partial charge in [-0.1, -0.05) is 30.3 Å². The quantitative estimate of drug-likeness (QED) is 0.187. The minimum atomic E-state index is -4.64. The molecule has 0 aromatic heterocycles. The van der Waals surface area contributed by atoms with Crippen molar-refractivity contribution in [3.63, 3.8) is 0 Å². The van der Waals surface area contributed by atoms with Gasteiger partial charge in [-0.3, -0.25) is 15.1 Å². The molecule has 0 saturated carbocycles. The molecule has 10 heteroatoms. The van der Waals surface area contributed by atoms with E-state index in [1.54, 1.807) is 30.3 Å². The van der Waals surface area contributed by atoms with Crippen molar-refractivity contribution in [1.82, 2.24) is 0 Å². The molecular formula is C30H22F3N3O4. The molecule has 202 valence electrons. The average Bonchev–Trinajstić information content (AvgIpc) is 3.19. The number of aromatic carboxylic acids is 1. The number of nitrogens with one attached hydrogen (secondary N) is 1. The summed E-state index contributed by atoms with van der Waals surface area (Å²) in [6, 6.07) is 18.9. The molecule has 40 heavy (non-hydrogen) atoms. The molecule has 3 N–H and O–H groups in total. The number of carboxylic acids is 1. The normalized spacial score (nSPS) is 14.0. The van der Waals surface area contributed by atoms with E-state index >= 15 is 0 Å². The van der Waals surface area contributed by atoms with Crippen molar-refractivity contribution in [2.45, 2.75) is 20.0 Å². The van der Waals surface area contributed by atoms with Gasteiger partial charge in [0.05, 0.1) is 22.5 Å². The highest BCUT2D eigenvalue weighted by Gasteiger charge is 2.39. The largest absolute Gasteiger partial charge is 0.505 e. The molecule has 7 nitrogen and oxygen atoms in total. The predicted octanol–water partition coefficient (Wildman–Crippen LogP) is 6.89. The van der Waals surface area contributed by atoms with E-state index in [4.69, 9.17) is 0 Å². The zero-order chi connectivity index (χ0) is 28.8. The molecule has 0 bridgehead atoms. The van der Waals surface area contributed by atoms with Crippen molar-refractivity contribution < 1.29 is 33.0 Å². The zero-order valence-corrected chi connectivity index (χ0v) is 21.2. The van der Waals surface area contributed by atoms with Gasteiger partial charge in [0.15, 0.2) is 5.71 Å². The van der Waals surface area contributed by atoms with E-state index in [2.05, 4.69) is 10.5 Å². The Labute approximate surface area is 226 Å². The number of rotatable bonds is 5. The van der Waals surface area contributed by atoms with Crippen LogP contribution in [0.5, 0.6) is 5.75 Å². The number of benzene rings is 4. The molecule has 0 spiro atoms. The lowest BCUT2D eigenvalue weighted by atomic mass is 10.0. The first-order valence-corrected chi connectivity index (χ1v) is 12.1. The number of aryl methyl sites for hydroxylation is 2. The molecule has 0 atom stereocenters. The Hall–Kier alpha value is -5.12. The first-order valence-electron chi connectivity index (χ1n) is 12.1. The summed E-state index contributed by atoms with van der Waals surface area (Å²) in [5.74, 6) is -2.06. The molecule has 1 heterocycles. The number of phenols is 1. The minimum absolute atomic E-state index is 0.0182. The monoisotopic (exact) mass is 545 g/mol. The van der Waals surface area contributed by atoms with Crippen LogP contribution in [0.2, 0.25) is 0 Å². The molecule has 1 aliphatic heterocycles. The number of anilines is 3. The van der Waals surface area contributed by atoms with Crippen LogP contribution in [0.4, 0.5) is 30.2 Å². The Balaban J connectivity index is 1.57. The number of carboxylic acid groups (broad SMARTS) is 1. The molecule has 0 unspecified atom stereocenters. The summed E-state index contributed by atoms with van der Waals surface area (Å²) in [7, 11) is 0. The average molecular weight is 546 g/mol. The van der Waals surface area contributed by atoms with Gasteiger partial charge in [-0.25, -0.2) is 4.79 Å². The van der Waals surface area contributed by atoms with Gasteiger partial charge in [0, 0.05) is 16.8 Å². The SMILES string of the molecule is Cc1ccc(N2C(=O)/C(=N\Nc3cccc(-c4cccc(C(=O)O)c4)c3O)c3cc(C(F)(F)F)ccc32)cc1C. The molecule has 1 aliphatic rings. The van der Waals surface area contributed by atoms with Crippen molar-refractivity contribution >= 4 is 34.7 Å². The van der Waals surface area contributed by atoms with Gasteiger partial charge in [0.2, 0.25) is 0 Å². The number of aromatic hydroxyl groups is 1. The van der Waals surface area contributed by atoms with Crippen LogP contribution in [0.25, 0.3) is 11.1 Å². The Morgan fingerprint density at radius 2 is 1.65 bits per heavy atom. The topological polar surface area (TPSA) is 102 Å². The first kappa shape index (κ1) is 26.5. The maximum atomic E-state index is 13.6. The number of hydrogen-bond donors (Lipinski definition) is 3. The third kappa shape index (κ3) is 4.75. The molecule has 0 saturated heterocycles. The second-order valence-electron chi connectivity index (χ2n) is 9.30. The highest BCUT2D eigenvalue weighted by molar-refractivity contribution is 6.55. The van der Waals surface area contributed by atoms with E-state index in [0.29, 0.717) is 16.8 Å². The van der Waals surface area contributed by atoms with E-state index in [1.165, 1.54) is 35.2 Å². The summed E-state index contributed by atoms with van der Waals surface area (Å²) in [6.07, 6.45) is -4.64. The number of hydrazone groups is 1. The summed E-state index contributed by atoms with van der Waals surface area (Å²) >= 11 is 0. The number of fused-ring (bicyclic) bond motifs is 1. The number of nitrogens with zero attached hydrogens (tertiary/aromatic N) is 2.